The van der Waals surface area contributed by atoms with Crippen molar-refractivity contribution in [3.05, 3.63) is 35.4 Å². The summed E-state index contributed by atoms with van der Waals surface area (Å²) in [4.78, 5) is 21.7. The Labute approximate surface area is 121 Å². The van der Waals surface area contributed by atoms with Crippen LogP contribution < -0.4 is 4.74 Å². The third-order valence-corrected chi connectivity index (χ3v) is 2.83. The van der Waals surface area contributed by atoms with Gasteiger partial charge in [0.05, 0.1) is 0 Å². The van der Waals surface area contributed by atoms with Gasteiger partial charge in [0.1, 0.15) is 17.9 Å². The molecule has 118 valence electrons. The number of hydrogen-bond acceptors (Lipinski definition) is 4. The van der Waals surface area contributed by atoms with Gasteiger partial charge in [-0.2, -0.15) is 13.2 Å². The smallest absolute Gasteiger partial charge is 0.460 e. The van der Waals surface area contributed by atoms with Crippen LogP contribution in [0.15, 0.2) is 29.8 Å². The Morgan fingerprint density at radius 3 is 2.41 bits per heavy atom. The fourth-order valence-corrected chi connectivity index (χ4v) is 1.92. The molecule has 9 heteroatoms. The summed E-state index contributed by atoms with van der Waals surface area (Å²) in [5, 5.41) is 17.6. The van der Waals surface area contributed by atoms with E-state index in [1.54, 1.807) is 0 Å². The molecular formula is C13H9F3O6. The molecule has 0 saturated heterocycles. The van der Waals surface area contributed by atoms with Crippen LogP contribution in [0.3, 0.4) is 0 Å². The van der Waals surface area contributed by atoms with Gasteiger partial charge in [-0.15, -0.1) is 0 Å². The van der Waals surface area contributed by atoms with E-state index < -0.39 is 36.1 Å². The van der Waals surface area contributed by atoms with Crippen molar-refractivity contribution >= 4 is 18.0 Å². The minimum Gasteiger partial charge on any atom is -0.480 e. The maximum Gasteiger partial charge on any atom is 0.460 e. The Bertz CT molecular complexity index is 651. The highest BCUT2D eigenvalue weighted by Crippen LogP contribution is 2.46. The van der Waals surface area contributed by atoms with Gasteiger partial charge in [0.2, 0.25) is 0 Å². The van der Waals surface area contributed by atoms with Gasteiger partial charge in [0.15, 0.2) is 0 Å². The molecular weight excluding hydrogens is 309 g/mol. The van der Waals surface area contributed by atoms with Gasteiger partial charge in [0, 0.05) is 5.56 Å². The van der Waals surface area contributed by atoms with Gasteiger partial charge in [-0.25, -0.2) is 9.59 Å². The van der Waals surface area contributed by atoms with Crippen molar-refractivity contribution in [2.24, 2.45) is 0 Å². The van der Waals surface area contributed by atoms with Crippen LogP contribution in [0.5, 0.6) is 5.75 Å². The van der Waals surface area contributed by atoms with E-state index in [2.05, 4.69) is 4.74 Å². The monoisotopic (exact) mass is 318 g/mol. The fraction of sp³-hybridized carbons (Fsp3) is 0.231. The van der Waals surface area contributed by atoms with Crippen molar-refractivity contribution in [2.45, 2.75) is 12.0 Å². The minimum atomic E-state index is -5.31. The lowest BCUT2D eigenvalue weighted by Crippen LogP contribution is -2.57. The fourth-order valence-electron chi connectivity index (χ4n) is 1.92. The van der Waals surface area contributed by atoms with E-state index >= 15 is 0 Å². The number of halogens is 3. The number of fused-ring (bicyclic) bond motifs is 1. The molecule has 1 aromatic rings. The lowest BCUT2D eigenvalue weighted by Gasteiger charge is -2.38. The molecule has 1 aliphatic rings. The van der Waals surface area contributed by atoms with Crippen molar-refractivity contribution in [1.82, 2.24) is 0 Å². The molecule has 0 saturated carbocycles. The second kappa shape index (κ2) is 5.34. The normalized spacial score (nSPS) is 20.6. The Hall–Kier alpha value is -2.55. The first kappa shape index (κ1) is 15.8. The predicted octanol–water partition coefficient (Wildman–Crippen LogP) is 1.91. The standard InChI is InChI=1S/C13H9F3O6/c14-13(15,16)12(21-6-10(17)18)8(11(19)20)5-7-3-1-2-4-9(7)22-12/h1-5H,6H2,(H,17,18)(H,19,20). The summed E-state index contributed by atoms with van der Waals surface area (Å²) in [6.45, 7) is -1.38. The number of carboxylic acid groups (broad SMARTS) is 2. The molecule has 1 atom stereocenters. The maximum absolute atomic E-state index is 13.4. The highest BCUT2D eigenvalue weighted by molar-refractivity contribution is 5.96. The molecule has 1 unspecified atom stereocenters. The zero-order valence-corrected chi connectivity index (χ0v) is 10.8. The molecule has 6 nitrogen and oxygen atoms in total. The highest BCUT2D eigenvalue weighted by Gasteiger charge is 2.65. The topological polar surface area (TPSA) is 93.1 Å². The minimum absolute atomic E-state index is 0.110. The Balaban J connectivity index is 2.61. The summed E-state index contributed by atoms with van der Waals surface area (Å²) < 4.78 is 49.3. The zero-order valence-electron chi connectivity index (χ0n) is 10.8. The van der Waals surface area contributed by atoms with Crippen LogP contribution >= 0.6 is 0 Å². The van der Waals surface area contributed by atoms with E-state index in [0.29, 0.717) is 0 Å². The Kier molecular flexibility index (Phi) is 3.84. The number of aliphatic carboxylic acids is 2. The lowest BCUT2D eigenvalue weighted by atomic mass is 9.98. The molecule has 0 fully saturated rings. The third-order valence-electron chi connectivity index (χ3n) is 2.83. The first-order valence-corrected chi connectivity index (χ1v) is 5.83. The van der Waals surface area contributed by atoms with E-state index in [1.807, 2.05) is 0 Å². The number of rotatable bonds is 4. The van der Waals surface area contributed by atoms with Crippen molar-refractivity contribution in [1.29, 1.82) is 0 Å². The van der Waals surface area contributed by atoms with Crippen LogP contribution in [0.4, 0.5) is 13.2 Å². The summed E-state index contributed by atoms with van der Waals surface area (Å²) in [7, 11) is 0. The van der Waals surface area contributed by atoms with Gasteiger partial charge < -0.3 is 19.7 Å². The molecule has 0 radical (unpaired) electrons. The number of para-hydroxylation sites is 1. The van der Waals surface area contributed by atoms with Crippen molar-refractivity contribution < 1.29 is 42.4 Å². The van der Waals surface area contributed by atoms with Gasteiger partial charge in [-0.3, -0.25) is 0 Å². The molecule has 0 aromatic heterocycles. The van der Waals surface area contributed by atoms with Gasteiger partial charge in [0.25, 0.3) is 0 Å². The first-order valence-electron chi connectivity index (χ1n) is 5.83. The number of hydrogen-bond donors (Lipinski definition) is 2. The number of carboxylic acids is 2. The average molecular weight is 318 g/mol. The summed E-state index contributed by atoms with van der Waals surface area (Å²) >= 11 is 0. The van der Waals surface area contributed by atoms with Crippen LogP contribution in [0.25, 0.3) is 6.08 Å². The number of alkyl halides is 3. The summed E-state index contributed by atoms with van der Waals surface area (Å²) in [5.74, 6) is -7.59. The Morgan fingerprint density at radius 2 is 1.86 bits per heavy atom. The molecule has 2 rings (SSSR count). The van der Waals surface area contributed by atoms with E-state index in [0.717, 1.165) is 6.08 Å². The largest absolute Gasteiger partial charge is 0.480 e. The van der Waals surface area contributed by atoms with Crippen molar-refractivity contribution in [3.8, 4) is 5.75 Å². The number of ether oxygens (including phenoxy) is 2. The van der Waals surface area contributed by atoms with Crippen molar-refractivity contribution in [3.63, 3.8) is 0 Å². The molecule has 0 bridgehead atoms. The molecule has 2 N–H and O–H groups in total. The molecule has 0 aliphatic carbocycles. The van der Waals surface area contributed by atoms with Gasteiger partial charge >= 0.3 is 23.9 Å². The van der Waals surface area contributed by atoms with Gasteiger partial charge in [-0.1, -0.05) is 18.2 Å². The molecule has 1 heterocycles. The molecule has 0 spiro atoms. The Morgan fingerprint density at radius 1 is 1.23 bits per heavy atom. The second-order valence-corrected chi connectivity index (χ2v) is 4.30. The van der Waals surface area contributed by atoms with E-state index in [1.165, 1.54) is 24.3 Å². The summed E-state index contributed by atoms with van der Waals surface area (Å²) in [6.07, 6.45) is -4.56. The quantitative estimate of drug-likeness (QED) is 0.881. The van der Waals surface area contributed by atoms with E-state index in [9.17, 15) is 22.8 Å². The second-order valence-electron chi connectivity index (χ2n) is 4.30. The van der Waals surface area contributed by atoms with Crippen LogP contribution in [0.2, 0.25) is 0 Å². The van der Waals surface area contributed by atoms with Crippen LogP contribution in [0.1, 0.15) is 5.56 Å². The third kappa shape index (κ3) is 2.62. The lowest BCUT2D eigenvalue weighted by molar-refractivity contribution is -0.332. The SMILES string of the molecule is O=C(O)COC1(C(F)(F)F)Oc2ccccc2C=C1C(=O)O. The maximum atomic E-state index is 13.4. The predicted molar refractivity (Wildman–Crippen MR) is 65.1 cm³/mol. The van der Waals surface area contributed by atoms with Crippen molar-refractivity contribution in [2.75, 3.05) is 6.61 Å². The number of benzene rings is 1. The van der Waals surface area contributed by atoms with Crippen LogP contribution in [-0.2, 0) is 14.3 Å². The van der Waals surface area contributed by atoms with Crippen LogP contribution in [0, 0.1) is 0 Å². The molecule has 0 amide bonds. The number of carbonyl (C=O) groups is 2. The molecule has 22 heavy (non-hydrogen) atoms. The molecule has 1 aliphatic heterocycles. The first-order chi connectivity index (χ1) is 10.2. The summed E-state index contributed by atoms with van der Waals surface area (Å²) in [5.41, 5.74) is -1.14. The van der Waals surface area contributed by atoms with Crippen LogP contribution in [-0.4, -0.2) is 40.7 Å². The molecule has 1 aromatic carbocycles. The van der Waals surface area contributed by atoms with E-state index in [4.69, 9.17) is 14.9 Å². The van der Waals surface area contributed by atoms with Gasteiger partial charge in [-0.05, 0) is 12.1 Å². The zero-order chi connectivity index (χ0) is 16.5. The highest BCUT2D eigenvalue weighted by atomic mass is 19.4. The van der Waals surface area contributed by atoms with E-state index in [-0.39, 0.29) is 11.3 Å². The average Bonchev–Trinajstić information content (AvgIpc) is 2.42. The summed E-state index contributed by atoms with van der Waals surface area (Å²) in [6, 6.07) is 5.42.